The fourth-order valence-corrected chi connectivity index (χ4v) is 2.91. The van der Waals surface area contributed by atoms with Gasteiger partial charge in [0.15, 0.2) is 5.76 Å². The molecule has 0 spiro atoms. The van der Waals surface area contributed by atoms with Crippen LogP contribution in [0.15, 0.2) is 45.5 Å². The highest BCUT2D eigenvalue weighted by Crippen LogP contribution is 2.30. The molecule has 0 bridgehead atoms. The first-order valence-corrected chi connectivity index (χ1v) is 8.40. The van der Waals surface area contributed by atoms with E-state index in [0.29, 0.717) is 29.0 Å². The molecule has 1 aromatic carbocycles. The zero-order chi connectivity index (χ0) is 17.1. The van der Waals surface area contributed by atoms with Gasteiger partial charge in [0, 0.05) is 18.1 Å². The lowest BCUT2D eigenvalue weighted by Crippen LogP contribution is -2.36. The van der Waals surface area contributed by atoms with Crippen molar-refractivity contribution in [3.05, 3.63) is 47.5 Å². The second-order valence-corrected chi connectivity index (χ2v) is 6.04. The summed E-state index contributed by atoms with van der Waals surface area (Å²) in [4.78, 5) is 6.60. The number of hydrogen-bond acceptors (Lipinski definition) is 7. The third kappa shape index (κ3) is 3.62. The highest BCUT2D eigenvalue weighted by atomic mass is 35.5. The molecule has 7 nitrogen and oxygen atoms in total. The van der Waals surface area contributed by atoms with Gasteiger partial charge in [-0.25, -0.2) is 0 Å². The van der Waals surface area contributed by atoms with Crippen LogP contribution in [0.2, 0.25) is 5.02 Å². The third-order valence-electron chi connectivity index (χ3n) is 3.95. The molecule has 130 valence electrons. The molecule has 4 rings (SSSR count). The molecule has 0 atom stereocenters. The van der Waals surface area contributed by atoms with Crippen LogP contribution < -0.4 is 10.2 Å². The summed E-state index contributed by atoms with van der Waals surface area (Å²) in [6, 6.07) is 9.37. The predicted molar refractivity (Wildman–Crippen MR) is 93.8 cm³/mol. The van der Waals surface area contributed by atoms with E-state index < -0.39 is 0 Å². The summed E-state index contributed by atoms with van der Waals surface area (Å²) >= 11 is 6.16. The average Bonchev–Trinajstić information content (AvgIpc) is 3.32. The lowest BCUT2D eigenvalue weighted by Gasteiger charge is -2.30. The van der Waals surface area contributed by atoms with Crippen LogP contribution in [0.3, 0.4) is 0 Å². The summed E-state index contributed by atoms with van der Waals surface area (Å²) in [5.41, 5.74) is 2.01. The maximum Gasteiger partial charge on any atom is 0.246 e. The minimum absolute atomic E-state index is 0.394. The third-order valence-corrected chi connectivity index (χ3v) is 4.19. The SMILES string of the molecule is Clc1ccc(N2CCOCC2)c(NCc2nc(-c3ccco3)no2)c1. The summed E-state index contributed by atoms with van der Waals surface area (Å²) < 4.78 is 16.0. The number of anilines is 2. The summed E-state index contributed by atoms with van der Waals surface area (Å²) in [5.74, 6) is 1.48. The van der Waals surface area contributed by atoms with E-state index in [9.17, 15) is 0 Å². The molecular weight excluding hydrogens is 344 g/mol. The molecule has 0 radical (unpaired) electrons. The Kier molecular flexibility index (Phi) is 4.58. The number of nitrogens with one attached hydrogen (secondary N) is 1. The van der Waals surface area contributed by atoms with Crippen molar-refractivity contribution in [3.8, 4) is 11.6 Å². The standard InChI is InChI=1S/C17H17ClN4O3/c18-12-3-4-14(22-5-8-23-9-6-22)13(10-12)19-11-16-20-17(21-25-16)15-2-1-7-24-15/h1-4,7,10,19H,5-6,8-9,11H2. The average molecular weight is 361 g/mol. The van der Waals surface area contributed by atoms with E-state index in [1.165, 1.54) is 0 Å². The quantitative estimate of drug-likeness (QED) is 0.746. The largest absolute Gasteiger partial charge is 0.461 e. The van der Waals surface area contributed by atoms with Gasteiger partial charge in [-0.15, -0.1) is 0 Å². The Hall–Kier alpha value is -2.51. The molecule has 1 fully saturated rings. The predicted octanol–water partition coefficient (Wildman–Crippen LogP) is 3.43. The van der Waals surface area contributed by atoms with E-state index in [1.807, 2.05) is 18.2 Å². The van der Waals surface area contributed by atoms with Crippen molar-refractivity contribution >= 4 is 23.0 Å². The number of hydrogen-bond donors (Lipinski definition) is 1. The Balaban J connectivity index is 1.49. The lowest BCUT2D eigenvalue weighted by atomic mass is 10.2. The van der Waals surface area contributed by atoms with Crippen LogP contribution in [-0.4, -0.2) is 36.4 Å². The number of rotatable bonds is 5. The van der Waals surface area contributed by atoms with Gasteiger partial charge in [0.2, 0.25) is 11.7 Å². The van der Waals surface area contributed by atoms with E-state index in [2.05, 4.69) is 20.4 Å². The molecular formula is C17H17ClN4O3. The van der Waals surface area contributed by atoms with Crippen LogP contribution in [0, 0.1) is 0 Å². The molecule has 1 aliphatic rings. The second-order valence-electron chi connectivity index (χ2n) is 5.60. The fourth-order valence-electron chi connectivity index (χ4n) is 2.73. The Morgan fingerprint density at radius 2 is 2.08 bits per heavy atom. The number of benzene rings is 1. The maximum atomic E-state index is 6.16. The molecule has 0 saturated carbocycles. The van der Waals surface area contributed by atoms with Crippen molar-refractivity contribution < 1.29 is 13.7 Å². The molecule has 8 heteroatoms. The van der Waals surface area contributed by atoms with Gasteiger partial charge < -0.3 is 23.9 Å². The number of morpholine rings is 1. The van der Waals surface area contributed by atoms with Crippen LogP contribution in [0.4, 0.5) is 11.4 Å². The minimum atomic E-state index is 0.394. The summed E-state index contributed by atoms with van der Waals surface area (Å²) in [7, 11) is 0. The molecule has 2 aromatic heterocycles. The smallest absolute Gasteiger partial charge is 0.246 e. The topological polar surface area (TPSA) is 76.6 Å². The lowest BCUT2D eigenvalue weighted by molar-refractivity contribution is 0.123. The van der Waals surface area contributed by atoms with E-state index in [4.69, 9.17) is 25.3 Å². The molecule has 1 N–H and O–H groups in total. The van der Waals surface area contributed by atoms with Crippen LogP contribution in [0.1, 0.15) is 5.89 Å². The van der Waals surface area contributed by atoms with Gasteiger partial charge in [-0.1, -0.05) is 16.8 Å². The normalized spacial score (nSPS) is 14.7. The Morgan fingerprint density at radius 3 is 2.88 bits per heavy atom. The van der Waals surface area contributed by atoms with E-state index in [-0.39, 0.29) is 0 Å². The highest BCUT2D eigenvalue weighted by molar-refractivity contribution is 6.31. The number of furan rings is 1. The van der Waals surface area contributed by atoms with Crippen LogP contribution in [-0.2, 0) is 11.3 Å². The van der Waals surface area contributed by atoms with Crippen LogP contribution in [0.5, 0.6) is 0 Å². The molecule has 25 heavy (non-hydrogen) atoms. The number of halogens is 1. The first-order valence-electron chi connectivity index (χ1n) is 8.02. The van der Waals surface area contributed by atoms with Crippen molar-refractivity contribution in [2.75, 3.05) is 36.5 Å². The first kappa shape index (κ1) is 16.0. The van der Waals surface area contributed by atoms with Gasteiger partial charge in [-0.05, 0) is 30.3 Å². The molecule has 1 saturated heterocycles. The van der Waals surface area contributed by atoms with Gasteiger partial charge in [-0.3, -0.25) is 0 Å². The second kappa shape index (κ2) is 7.16. The monoisotopic (exact) mass is 360 g/mol. The number of aromatic nitrogens is 2. The van der Waals surface area contributed by atoms with Gasteiger partial charge in [0.05, 0.1) is 37.4 Å². The molecule has 0 unspecified atom stereocenters. The van der Waals surface area contributed by atoms with Crippen LogP contribution in [0.25, 0.3) is 11.6 Å². The zero-order valence-electron chi connectivity index (χ0n) is 13.4. The van der Waals surface area contributed by atoms with Crippen molar-refractivity contribution in [3.63, 3.8) is 0 Å². The highest BCUT2D eigenvalue weighted by Gasteiger charge is 2.16. The van der Waals surface area contributed by atoms with Gasteiger partial charge in [-0.2, -0.15) is 4.98 Å². The van der Waals surface area contributed by atoms with Crippen molar-refractivity contribution in [2.24, 2.45) is 0 Å². The summed E-state index contributed by atoms with van der Waals surface area (Å²) in [6.07, 6.45) is 1.57. The molecule has 0 aliphatic carbocycles. The molecule has 1 aliphatic heterocycles. The van der Waals surface area contributed by atoms with Crippen LogP contribution >= 0.6 is 11.6 Å². The zero-order valence-corrected chi connectivity index (χ0v) is 14.2. The first-order chi connectivity index (χ1) is 12.3. The van der Waals surface area contributed by atoms with Gasteiger partial charge in [0.1, 0.15) is 0 Å². The fraction of sp³-hybridized carbons (Fsp3) is 0.294. The van der Waals surface area contributed by atoms with Gasteiger partial charge in [0.25, 0.3) is 0 Å². The minimum Gasteiger partial charge on any atom is -0.461 e. The summed E-state index contributed by atoms with van der Waals surface area (Å²) in [6.45, 7) is 3.53. The maximum absolute atomic E-state index is 6.16. The molecule has 0 amide bonds. The number of nitrogens with zero attached hydrogens (tertiary/aromatic N) is 3. The Labute approximate surface area is 149 Å². The van der Waals surface area contributed by atoms with Gasteiger partial charge >= 0.3 is 0 Å². The Morgan fingerprint density at radius 1 is 1.20 bits per heavy atom. The van der Waals surface area contributed by atoms with Crippen molar-refractivity contribution in [1.29, 1.82) is 0 Å². The van der Waals surface area contributed by atoms with E-state index >= 15 is 0 Å². The Bertz CT molecular complexity index is 828. The molecule has 3 heterocycles. The van der Waals surface area contributed by atoms with E-state index in [0.717, 1.165) is 37.7 Å². The van der Waals surface area contributed by atoms with E-state index in [1.54, 1.807) is 18.4 Å². The number of ether oxygens (including phenoxy) is 1. The molecule has 3 aromatic rings. The van der Waals surface area contributed by atoms with Crippen molar-refractivity contribution in [1.82, 2.24) is 10.1 Å². The van der Waals surface area contributed by atoms with Crippen molar-refractivity contribution in [2.45, 2.75) is 6.54 Å². The summed E-state index contributed by atoms with van der Waals surface area (Å²) in [5, 5.41) is 7.93.